The zero-order valence-corrected chi connectivity index (χ0v) is 13.9. The van der Waals surface area contributed by atoms with Gasteiger partial charge in [-0.3, -0.25) is 0 Å². The van der Waals surface area contributed by atoms with Crippen LogP contribution in [0.5, 0.6) is 5.75 Å². The summed E-state index contributed by atoms with van der Waals surface area (Å²) in [6.45, 7) is 4.75. The maximum atomic E-state index is 5.21. The third kappa shape index (κ3) is 5.35. The molecule has 1 fully saturated rings. The first-order valence-corrected chi connectivity index (χ1v) is 8.58. The van der Waals surface area contributed by atoms with E-state index in [0.29, 0.717) is 6.04 Å². The molecule has 0 aliphatic heterocycles. The Kier molecular flexibility index (Phi) is 6.56. The molecule has 2 rings (SSSR count). The molecule has 1 saturated carbocycles. The van der Waals surface area contributed by atoms with Crippen molar-refractivity contribution in [2.24, 2.45) is 5.92 Å². The molecule has 1 aliphatic carbocycles. The van der Waals surface area contributed by atoms with Gasteiger partial charge in [-0.1, -0.05) is 38.3 Å². The largest absolute Gasteiger partial charge is 0.497 e. The fourth-order valence-corrected chi connectivity index (χ4v) is 3.36. The van der Waals surface area contributed by atoms with Crippen LogP contribution in [0.3, 0.4) is 0 Å². The van der Waals surface area contributed by atoms with Crippen molar-refractivity contribution in [2.75, 3.05) is 7.11 Å². The molecule has 2 heteroatoms. The summed E-state index contributed by atoms with van der Waals surface area (Å²) in [6.07, 6.45) is 9.32. The minimum absolute atomic E-state index is 0.595. The highest BCUT2D eigenvalue weighted by Crippen LogP contribution is 2.23. The standard InChI is InChI=1S/C19H31NO/c1-15-7-5-4-6-8-19(15)20-16(2)9-10-17-11-13-18(21-3)14-12-17/h11-16,19-20H,4-10H2,1-3H3. The lowest BCUT2D eigenvalue weighted by molar-refractivity contribution is 0.320. The normalized spacial score (nSPS) is 24.3. The van der Waals surface area contributed by atoms with Gasteiger partial charge in [0.1, 0.15) is 5.75 Å². The highest BCUT2D eigenvalue weighted by atomic mass is 16.5. The molecule has 0 aromatic heterocycles. The Morgan fingerprint density at radius 1 is 1.14 bits per heavy atom. The van der Waals surface area contributed by atoms with Crippen LogP contribution in [0.2, 0.25) is 0 Å². The van der Waals surface area contributed by atoms with Crippen LogP contribution in [-0.4, -0.2) is 19.2 Å². The quantitative estimate of drug-likeness (QED) is 0.774. The number of ether oxygens (including phenoxy) is 1. The van der Waals surface area contributed by atoms with Crippen molar-refractivity contribution in [3.63, 3.8) is 0 Å². The number of benzene rings is 1. The number of rotatable bonds is 6. The molecule has 3 unspecified atom stereocenters. The summed E-state index contributed by atoms with van der Waals surface area (Å²) in [5, 5.41) is 3.88. The molecule has 1 N–H and O–H groups in total. The van der Waals surface area contributed by atoms with Gasteiger partial charge in [-0.25, -0.2) is 0 Å². The molecule has 0 amide bonds. The van der Waals surface area contributed by atoms with Crippen molar-refractivity contribution >= 4 is 0 Å². The Balaban J connectivity index is 1.76. The number of nitrogens with one attached hydrogen (secondary N) is 1. The Morgan fingerprint density at radius 3 is 2.57 bits per heavy atom. The van der Waals surface area contributed by atoms with E-state index >= 15 is 0 Å². The van der Waals surface area contributed by atoms with E-state index in [4.69, 9.17) is 4.74 Å². The third-order valence-corrected chi connectivity index (χ3v) is 4.89. The Labute approximate surface area is 130 Å². The number of hydrogen-bond donors (Lipinski definition) is 1. The summed E-state index contributed by atoms with van der Waals surface area (Å²) in [5.74, 6) is 1.77. The smallest absolute Gasteiger partial charge is 0.118 e. The van der Waals surface area contributed by atoms with Crippen LogP contribution in [0.25, 0.3) is 0 Å². The highest BCUT2D eigenvalue weighted by molar-refractivity contribution is 5.27. The average molecular weight is 289 g/mol. The van der Waals surface area contributed by atoms with Gasteiger partial charge in [0, 0.05) is 12.1 Å². The van der Waals surface area contributed by atoms with Crippen molar-refractivity contribution < 1.29 is 4.74 Å². The summed E-state index contributed by atoms with van der Waals surface area (Å²) in [6, 6.07) is 9.79. The molecule has 0 bridgehead atoms. The van der Waals surface area contributed by atoms with E-state index in [1.54, 1.807) is 7.11 Å². The fourth-order valence-electron chi connectivity index (χ4n) is 3.36. The predicted octanol–water partition coefficient (Wildman–Crippen LogP) is 4.57. The predicted molar refractivity (Wildman–Crippen MR) is 89.9 cm³/mol. The lowest BCUT2D eigenvalue weighted by Gasteiger charge is -2.27. The second-order valence-electron chi connectivity index (χ2n) is 6.68. The lowest BCUT2D eigenvalue weighted by atomic mass is 9.95. The molecule has 21 heavy (non-hydrogen) atoms. The summed E-state index contributed by atoms with van der Waals surface area (Å²) < 4.78 is 5.21. The zero-order valence-electron chi connectivity index (χ0n) is 13.9. The summed E-state index contributed by atoms with van der Waals surface area (Å²) in [7, 11) is 1.72. The third-order valence-electron chi connectivity index (χ3n) is 4.89. The van der Waals surface area contributed by atoms with Gasteiger partial charge in [-0.05, 0) is 56.2 Å². The molecule has 1 aromatic carbocycles. The highest BCUT2D eigenvalue weighted by Gasteiger charge is 2.20. The van der Waals surface area contributed by atoms with E-state index in [0.717, 1.165) is 24.1 Å². The topological polar surface area (TPSA) is 21.3 Å². The molecule has 0 saturated heterocycles. The van der Waals surface area contributed by atoms with E-state index in [9.17, 15) is 0 Å². The SMILES string of the molecule is COc1ccc(CCC(C)NC2CCCCCC2C)cc1. The maximum Gasteiger partial charge on any atom is 0.118 e. The van der Waals surface area contributed by atoms with Crippen LogP contribution in [-0.2, 0) is 6.42 Å². The molecule has 2 nitrogen and oxygen atoms in total. The van der Waals surface area contributed by atoms with Gasteiger partial charge in [-0.15, -0.1) is 0 Å². The van der Waals surface area contributed by atoms with Crippen LogP contribution in [0.4, 0.5) is 0 Å². The van der Waals surface area contributed by atoms with Gasteiger partial charge >= 0.3 is 0 Å². The first kappa shape index (κ1) is 16.4. The number of methoxy groups -OCH3 is 1. The van der Waals surface area contributed by atoms with E-state index in [-0.39, 0.29) is 0 Å². The summed E-state index contributed by atoms with van der Waals surface area (Å²) in [4.78, 5) is 0. The monoisotopic (exact) mass is 289 g/mol. The van der Waals surface area contributed by atoms with Crippen molar-refractivity contribution in [1.82, 2.24) is 5.32 Å². The van der Waals surface area contributed by atoms with Crippen LogP contribution in [0, 0.1) is 5.92 Å². The molecule has 0 heterocycles. The summed E-state index contributed by atoms with van der Waals surface area (Å²) in [5.41, 5.74) is 1.40. The molecule has 0 radical (unpaired) electrons. The van der Waals surface area contributed by atoms with E-state index < -0.39 is 0 Å². The first-order valence-electron chi connectivity index (χ1n) is 8.58. The van der Waals surface area contributed by atoms with Crippen molar-refractivity contribution in [2.45, 2.75) is 70.9 Å². The van der Waals surface area contributed by atoms with Crippen molar-refractivity contribution in [3.05, 3.63) is 29.8 Å². The number of hydrogen-bond acceptors (Lipinski definition) is 2. The maximum absolute atomic E-state index is 5.21. The minimum Gasteiger partial charge on any atom is -0.497 e. The van der Waals surface area contributed by atoms with Gasteiger partial charge < -0.3 is 10.1 Å². The van der Waals surface area contributed by atoms with Crippen LogP contribution in [0.1, 0.15) is 57.9 Å². The second-order valence-corrected chi connectivity index (χ2v) is 6.68. The van der Waals surface area contributed by atoms with Crippen molar-refractivity contribution in [3.8, 4) is 5.75 Å². The molecule has 118 valence electrons. The number of aryl methyl sites for hydroxylation is 1. The van der Waals surface area contributed by atoms with Crippen LogP contribution < -0.4 is 10.1 Å². The lowest BCUT2D eigenvalue weighted by Crippen LogP contribution is -2.40. The average Bonchev–Trinajstić information content (AvgIpc) is 2.71. The van der Waals surface area contributed by atoms with Gasteiger partial charge in [0.2, 0.25) is 0 Å². The minimum atomic E-state index is 0.595. The van der Waals surface area contributed by atoms with Gasteiger partial charge in [0.15, 0.2) is 0 Å². The molecular weight excluding hydrogens is 258 g/mol. The molecule has 0 spiro atoms. The molecular formula is C19H31NO. The Morgan fingerprint density at radius 2 is 1.86 bits per heavy atom. The molecule has 3 atom stereocenters. The van der Waals surface area contributed by atoms with E-state index in [1.165, 1.54) is 44.1 Å². The van der Waals surface area contributed by atoms with E-state index in [1.807, 2.05) is 0 Å². The van der Waals surface area contributed by atoms with Gasteiger partial charge in [0.05, 0.1) is 7.11 Å². The summed E-state index contributed by atoms with van der Waals surface area (Å²) >= 11 is 0. The second kappa shape index (κ2) is 8.43. The Bertz CT molecular complexity index is 401. The van der Waals surface area contributed by atoms with Gasteiger partial charge in [-0.2, -0.15) is 0 Å². The van der Waals surface area contributed by atoms with Gasteiger partial charge in [0.25, 0.3) is 0 Å². The van der Waals surface area contributed by atoms with E-state index in [2.05, 4.69) is 43.4 Å². The fraction of sp³-hybridized carbons (Fsp3) is 0.684. The van der Waals surface area contributed by atoms with Crippen LogP contribution >= 0.6 is 0 Å². The molecule has 1 aliphatic rings. The van der Waals surface area contributed by atoms with Crippen LogP contribution in [0.15, 0.2) is 24.3 Å². The van der Waals surface area contributed by atoms with Crippen molar-refractivity contribution in [1.29, 1.82) is 0 Å². The Hall–Kier alpha value is -1.02. The first-order chi connectivity index (χ1) is 10.2. The molecule has 1 aromatic rings. The zero-order chi connectivity index (χ0) is 15.1.